The van der Waals surface area contributed by atoms with Crippen LogP contribution in [-0.4, -0.2) is 17.3 Å². The zero-order valence-corrected chi connectivity index (χ0v) is 13.5. The SMILES string of the molecule is CCCCCCCc1ccc([C@H]2CC[C@](N)(CO)C2)cc1. The number of rotatable bonds is 8. The fourth-order valence-electron chi connectivity index (χ4n) is 3.47. The summed E-state index contributed by atoms with van der Waals surface area (Å²) >= 11 is 0. The van der Waals surface area contributed by atoms with Gasteiger partial charge in [-0.25, -0.2) is 0 Å². The van der Waals surface area contributed by atoms with Crippen molar-refractivity contribution in [2.45, 2.75) is 76.2 Å². The molecular formula is C19H31NO. The Labute approximate surface area is 129 Å². The van der Waals surface area contributed by atoms with Gasteiger partial charge in [0, 0.05) is 5.54 Å². The highest BCUT2D eigenvalue weighted by Gasteiger charge is 2.35. The van der Waals surface area contributed by atoms with Gasteiger partial charge in [0.25, 0.3) is 0 Å². The molecule has 2 nitrogen and oxygen atoms in total. The van der Waals surface area contributed by atoms with Crippen LogP contribution in [0.3, 0.4) is 0 Å². The smallest absolute Gasteiger partial charge is 0.0611 e. The minimum absolute atomic E-state index is 0.110. The minimum Gasteiger partial charge on any atom is -0.394 e. The molecule has 2 heteroatoms. The average molecular weight is 289 g/mol. The normalized spacial score (nSPS) is 25.4. The number of benzene rings is 1. The zero-order valence-electron chi connectivity index (χ0n) is 13.5. The van der Waals surface area contributed by atoms with E-state index in [9.17, 15) is 5.11 Å². The summed E-state index contributed by atoms with van der Waals surface area (Å²) in [4.78, 5) is 0. The summed E-state index contributed by atoms with van der Waals surface area (Å²) in [7, 11) is 0. The van der Waals surface area contributed by atoms with Gasteiger partial charge in [0.2, 0.25) is 0 Å². The lowest BCUT2D eigenvalue weighted by molar-refractivity contribution is 0.198. The Hall–Kier alpha value is -0.860. The van der Waals surface area contributed by atoms with Crippen LogP contribution in [0.2, 0.25) is 0 Å². The number of nitrogens with two attached hydrogens (primary N) is 1. The molecule has 0 spiro atoms. The van der Waals surface area contributed by atoms with Crippen molar-refractivity contribution in [3.8, 4) is 0 Å². The van der Waals surface area contributed by atoms with Gasteiger partial charge in [-0.1, -0.05) is 56.9 Å². The standard InChI is InChI=1S/C19H31NO/c1-2-3-4-5-6-7-16-8-10-17(11-9-16)18-12-13-19(20,14-18)15-21/h8-11,18,21H,2-7,12-15,20H2,1H3/t18-,19+/m0/s1. The minimum atomic E-state index is -0.345. The van der Waals surface area contributed by atoms with Crippen molar-refractivity contribution in [2.24, 2.45) is 5.73 Å². The van der Waals surface area contributed by atoms with E-state index in [0.717, 1.165) is 19.3 Å². The van der Waals surface area contributed by atoms with E-state index in [-0.39, 0.29) is 12.1 Å². The molecule has 0 aliphatic heterocycles. The van der Waals surface area contributed by atoms with Gasteiger partial charge in [-0.05, 0) is 49.1 Å². The first-order chi connectivity index (χ1) is 10.2. The number of unbranched alkanes of at least 4 members (excludes halogenated alkanes) is 4. The van der Waals surface area contributed by atoms with Crippen molar-refractivity contribution in [2.75, 3.05) is 6.61 Å². The predicted molar refractivity (Wildman–Crippen MR) is 89.5 cm³/mol. The Morgan fingerprint density at radius 2 is 1.86 bits per heavy atom. The lowest BCUT2D eigenvalue weighted by Crippen LogP contribution is -2.40. The number of aryl methyl sites for hydroxylation is 1. The molecule has 1 aliphatic rings. The molecule has 1 saturated carbocycles. The highest BCUT2D eigenvalue weighted by atomic mass is 16.3. The van der Waals surface area contributed by atoms with Gasteiger partial charge < -0.3 is 10.8 Å². The van der Waals surface area contributed by atoms with E-state index in [2.05, 4.69) is 31.2 Å². The Morgan fingerprint density at radius 1 is 1.14 bits per heavy atom. The van der Waals surface area contributed by atoms with E-state index in [1.54, 1.807) is 0 Å². The van der Waals surface area contributed by atoms with Crippen LogP contribution in [0.4, 0.5) is 0 Å². The Balaban J connectivity index is 1.80. The number of hydrogen-bond acceptors (Lipinski definition) is 2. The maximum atomic E-state index is 9.37. The Bertz CT molecular complexity index is 414. The lowest BCUT2D eigenvalue weighted by Gasteiger charge is -2.21. The molecule has 1 aromatic carbocycles. The number of hydrogen-bond donors (Lipinski definition) is 2. The Morgan fingerprint density at radius 3 is 2.48 bits per heavy atom. The first-order valence-corrected chi connectivity index (χ1v) is 8.65. The molecule has 0 radical (unpaired) electrons. The highest BCUT2D eigenvalue weighted by molar-refractivity contribution is 5.27. The van der Waals surface area contributed by atoms with E-state index in [4.69, 9.17) is 5.73 Å². The second kappa shape index (κ2) is 7.95. The molecule has 0 heterocycles. The molecule has 21 heavy (non-hydrogen) atoms. The van der Waals surface area contributed by atoms with Gasteiger partial charge in [-0.2, -0.15) is 0 Å². The van der Waals surface area contributed by atoms with Crippen LogP contribution in [0.5, 0.6) is 0 Å². The zero-order chi connectivity index (χ0) is 15.1. The Kier molecular flexibility index (Phi) is 6.25. The highest BCUT2D eigenvalue weighted by Crippen LogP contribution is 2.39. The van der Waals surface area contributed by atoms with Crippen molar-refractivity contribution in [3.63, 3.8) is 0 Å². The maximum Gasteiger partial charge on any atom is 0.0611 e. The van der Waals surface area contributed by atoms with E-state index in [1.807, 2.05) is 0 Å². The lowest BCUT2D eigenvalue weighted by atomic mass is 9.92. The largest absolute Gasteiger partial charge is 0.394 e. The van der Waals surface area contributed by atoms with Crippen molar-refractivity contribution in [3.05, 3.63) is 35.4 Å². The fraction of sp³-hybridized carbons (Fsp3) is 0.684. The van der Waals surface area contributed by atoms with Crippen molar-refractivity contribution in [1.29, 1.82) is 0 Å². The summed E-state index contributed by atoms with van der Waals surface area (Å²) in [6.07, 6.45) is 10.9. The summed E-state index contributed by atoms with van der Waals surface area (Å²) in [5.41, 5.74) is 8.67. The van der Waals surface area contributed by atoms with Gasteiger partial charge >= 0.3 is 0 Å². The molecule has 1 fully saturated rings. The first kappa shape index (κ1) is 16.5. The van der Waals surface area contributed by atoms with Crippen molar-refractivity contribution in [1.82, 2.24) is 0 Å². The molecule has 0 bridgehead atoms. The van der Waals surface area contributed by atoms with E-state index in [0.29, 0.717) is 5.92 Å². The van der Waals surface area contributed by atoms with Gasteiger partial charge in [-0.3, -0.25) is 0 Å². The quantitative estimate of drug-likeness (QED) is 0.706. The number of aliphatic hydroxyl groups excluding tert-OH is 1. The summed E-state index contributed by atoms with van der Waals surface area (Å²) in [6.45, 7) is 2.37. The van der Waals surface area contributed by atoms with Crippen LogP contribution < -0.4 is 5.73 Å². The molecule has 2 atom stereocenters. The molecule has 0 unspecified atom stereocenters. The second-order valence-electron chi connectivity index (χ2n) is 6.87. The third-order valence-electron chi connectivity index (χ3n) is 4.98. The predicted octanol–water partition coefficient (Wildman–Crippen LogP) is 4.16. The molecule has 2 rings (SSSR count). The fourth-order valence-corrected chi connectivity index (χ4v) is 3.47. The maximum absolute atomic E-state index is 9.37. The van der Waals surface area contributed by atoms with E-state index in [1.165, 1.54) is 49.7 Å². The summed E-state index contributed by atoms with van der Waals surface area (Å²) in [5, 5.41) is 9.37. The van der Waals surface area contributed by atoms with Crippen LogP contribution >= 0.6 is 0 Å². The molecule has 1 aliphatic carbocycles. The van der Waals surface area contributed by atoms with Gasteiger partial charge in [0.1, 0.15) is 0 Å². The van der Waals surface area contributed by atoms with Crippen LogP contribution in [-0.2, 0) is 6.42 Å². The number of aliphatic hydroxyl groups is 1. The van der Waals surface area contributed by atoms with Crippen LogP contribution in [0.15, 0.2) is 24.3 Å². The summed E-state index contributed by atoms with van der Waals surface area (Å²) in [6, 6.07) is 9.11. The summed E-state index contributed by atoms with van der Waals surface area (Å²) in [5.74, 6) is 0.528. The molecule has 118 valence electrons. The van der Waals surface area contributed by atoms with Crippen LogP contribution in [0.1, 0.15) is 75.3 Å². The van der Waals surface area contributed by atoms with E-state index >= 15 is 0 Å². The van der Waals surface area contributed by atoms with Gasteiger partial charge in [-0.15, -0.1) is 0 Å². The summed E-state index contributed by atoms with van der Waals surface area (Å²) < 4.78 is 0. The molecule has 0 saturated heterocycles. The molecule has 1 aromatic rings. The second-order valence-corrected chi connectivity index (χ2v) is 6.87. The van der Waals surface area contributed by atoms with E-state index < -0.39 is 0 Å². The van der Waals surface area contributed by atoms with Crippen LogP contribution in [0.25, 0.3) is 0 Å². The third-order valence-corrected chi connectivity index (χ3v) is 4.98. The van der Waals surface area contributed by atoms with Gasteiger partial charge in [0.15, 0.2) is 0 Å². The molecular weight excluding hydrogens is 258 g/mol. The topological polar surface area (TPSA) is 46.2 Å². The molecule has 3 N–H and O–H groups in total. The van der Waals surface area contributed by atoms with Crippen molar-refractivity contribution < 1.29 is 5.11 Å². The average Bonchev–Trinajstić information content (AvgIpc) is 2.91. The molecule has 0 aromatic heterocycles. The van der Waals surface area contributed by atoms with Crippen LogP contribution in [0, 0.1) is 0 Å². The monoisotopic (exact) mass is 289 g/mol. The first-order valence-electron chi connectivity index (χ1n) is 8.65. The third kappa shape index (κ3) is 4.82. The van der Waals surface area contributed by atoms with Gasteiger partial charge in [0.05, 0.1) is 6.61 Å². The van der Waals surface area contributed by atoms with Crippen molar-refractivity contribution >= 4 is 0 Å². The molecule has 0 amide bonds.